The van der Waals surface area contributed by atoms with E-state index in [1.165, 1.54) is 48.4 Å². The molecule has 1 heterocycles. The minimum absolute atomic E-state index is 0.127. The fourth-order valence-corrected chi connectivity index (χ4v) is 6.63. The molecule has 1 aliphatic carbocycles. The molecule has 0 atom stereocenters. The number of anilines is 1. The normalized spacial score (nSPS) is 15.0. The summed E-state index contributed by atoms with van der Waals surface area (Å²) in [6.07, 6.45) is 5.24. The third kappa shape index (κ3) is 5.06. The Morgan fingerprint density at radius 1 is 1.22 bits per heavy atom. The van der Waals surface area contributed by atoms with E-state index in [0.717, 1.165) is 11.0 Å². The molecule has 1 saturated carbocycles. The second-order valence-electron chi connectivity index (χ2n) is 6.48. The highest BCUT2D eigenvalue weighted by atomic mass is 32.2. The number of sulfonamides is 1. The number of rotatable bonds is 8. The Bertz CT molecular complexity index is 843. The first-order valence-electron chi connectivity index (χ1n) is 9.01. The van der Waals surface area contributed by atoms with Crippen LogP contribution in [0.2, 0.25) is 0 Å². The van der Waals surface area contributed by atoms with Gasteiger partial charge in [0.1, 0.15) is 4.21 Å². The summed E-state index contributed by atoms with van der Waals surface area (Å²) < 4.78 is 26.6. The van der Waals surface area contributed by atoms with E-state index < -0.39 is 10.0 Å². The number of amides is 1. The van der Waals surface area contributed by atoms with Crippen LogP contribution >= 0.6 is 23.1 Å². The molecule has 0 spiro atoms. The average molecular weight is 425 g/mol. The molecular formula is C19H24N2O3S3. The zero-order chi connectivity index (χ0) is 19.3. The fourth-order valence-electron chi connectivity index (χ4n) is 3.05. The summed E-state index contributed by atoms with van der Waals surface area (Å²) in [6, 6.07) is 9.94. The molecule has 1 aromatic carbocycles. The van der Waals surface area contributed by atoms with Crippen molar-refractivity contribution in [2.45, 2.75) is 35.1 Å². The SMILES string of the molecule is CN(c1ccc(C(=O)NCCSC2CCCC2)cc1)S(=O)(=O)c1cccs1. The third-order valence-electron chi connectivity index (χ3n) is 4.65. The predicted molar refractivity (Wildman–Crippen MR) is 113 cm³/mol. The molecule has 27 heavy (non-hydrogen) atoms. The second-order valence-corrected chi connectivity index (χ2v) is 11.0. The van der Waals surface area contributed by atoms with Crippen LogP contribution in [0.1, 0.15) is 36.0 Å². The lowest BCUT2D eigenvalue weighted by molar-refractivity contribution is 0.0956. The first-order valence-corrected chi connectivity index (χ1v) is 12.4. The Kier molecular flexibility index (Phi) is 6.83. The highest BCUT2D eigenvalue weighted by Crippen LogP contribution is 2.29. The van der Waals surface area contributed by atoms with Crippen LogP contribution in [0.15, 0.2) is 46.0 Å². The largest absolute Gasteiger partial charge is 0.351 e. The lowest BCUT2D eigenvalue weighted by Crippen LogP contribution is -2.27. The van der Waals surface area contributed by atoms with Gasteiger partial charge in [-0.25, -0.2) is 8.42 Å². The number of thiophene rings is 1. The zero-order valence-electron chi connectivity index (χ0n) is 15.3. The summed E-state index contributed by atoms with van der Waals surface area (Å²) in [7, 11) is -2.04. The Morgan fingerprint density at radius 3 is 2.56 bits per heavy atom. The van der Waals surface area contributed by atoms with E-state index in [9.17, 15) is 13.2 Å². The Hall–Kier alpha value is -1.51. The van der Waals surface area contributed by atoms with E-state index in [2.05, 4.69) is 5.32 Å². The average Bonchev–Trinajstić information content (AvgIpc) is 3.38. The Balaban J connectivity index is 1.54. The number of thioether (sulfide) groups is 1. The first kappa shape index (κ1) is 20.2. The predicted octanol–water partition coefficient (Wildman–Crippen LogP) is 3.98. The molecule has 2 aromatic rings. The van der Waals surface area contributed by atoms with Gasteiger partial charge in [0, 0.05) is 30.2 Å². The van der Waals surface area contributed by atoms with E-state index >= 15 is 0 Å². The van der Waals surface area contributed by atoms with Gasteiger partial charge in [-0.1, -0.05) is 18.9 Å². The summed E-state index contributed by atoms with van der Waals surface area (Å²) in [5.41, 5.74) is 1.06. The molecule has 0 saturated heterocycles. The van der Waals surface area contributed by atoms with Gasteiger partial charge in [0.15, 0.2) is 0 Å². The number of benzene rings is 1. The van der Waals surface area contributed by atoms with Crippen LogP contribution in [-0.4, -0.2) is 38.9 Å². The van der Waals surface area contributed by atoms with Crippen LogP contribution in [0.5, 0.6) is 0 Å². The van der Waals surface area contributed by atoms with Crippen molar-refractivity contribution < 1.29 is 13.2 Å². The summed E-state index contributed by atoms with van der Waals surface area (Å²) in [5.74, 6) is 0.799. The lowest BCUT2D eigenvalue weighted by Gasteiger charge is -2.18. The van der Waals surface area contributed by atoms with E-state index in [1.54, 1.807) is 41.8 Å². The van der Waals surface area contributed by atoms with Gasteiger partial charge in [0.25, 0.3) is 15.9 Å². The monoisotopic (exact) mass is 424 g/mol. The van der Waals surface area contributed by atoms with Crippen molar-refractivity contribution in [1.29, 1.82) is 0 Å². The van der Waals surface area contributed by atoms with Gasteiger partial charge < -0.3 is 5.32 Å². The van der Waals surface area contributed by atoms with Gasteiger partial charge in [-0.15, -0.1) is 11.3 Å². The maximum absolute atomic E-state index is 12.6. The lowest BCUT2D eigenvalue weighted by atomic mass is 10.2. The summed E-state index contributed by atoms with van der Waals surface area (Å²) in [6.45, 7) is 0.647. The number of carbonyl (C=O) groups is 1. The third-order valence-corrected chi connectivity index (χ3v) is 9.19. The molecule has 0 radical (unpaired) electrons. The second kappa shape index (κ2) is 9.12. The van der Waals surface area contributed by atoms with Crippen LogP contribution < -0.4 is 9.62 Å². The minimum Gasteiger partial charge on any atom is -0.351 e. The van der Waals surface area contributed by atoms with Crippen molar-refractivity contribution in [1.82, 2.24) is 5.32 Å². The number of nitrogens with one attached hydrogen (secondary N) is 1. The number of hydrogen-bond acceptors (Lipinski definition) is 5. The van der Waals surface area contributed by atoms with Crippen molar-refractivity contribution in [3.05, 3.63) is 47.3 Å². The summed E-state index contributed by atoms with van der Waals surface area (Å²) in [4.78, 5) is 12.3. The van der Waals surface area contributed by atoms with Gasteiger partial charge in [0.05, 0.1) is 5.69 Å². The van der Waals surface area contributed by atoms with Crippen LogP contribution in [0.4, 0.5) is 5.69 Å². The molecule has 1 fully saturated rings. The maximum Gasteiger partial charge on any atom is 0.273 e. The van der Waals surface area contributed by atoms with Crippen molar-refractivity contribution in [3.8, 4) is 0 Å². The standard InChI is InChI=1S/C19H24N2O3S3/c1-21(27(23,24)18-7-4-13-26-18)16-10-8-15(9-11-16)19(22)20-12-14-25-17-5-2-3-6-17/h4,7-11,13,17H,2-3,5-6,12,14H2,1H3,(H,20,22). The number of hydrogen-bond donors (Lipinski definition) is 1. The van der Waals surface area contributed by atoms with Gasteiger partial charge in [-0.05, 0) is 48.6 Å². The molecule has 1 N–H and O–H groups in total. The molecule has 1 amide bonds. The van der Waals surface area contributed by atoms with Gasteiger partial charge in [0.2, 0.25) is 0 Å². The zero-order valence-corrected chi connectivity index (χ0v) is 17.7. The molecule has 5 nitrogen and oxygen atoms in total. The smallest absolute Gasteiger partial charge is 0.273 e. The summed E-state index contributed by atoms with van der Waals surface area (Å²) >= 11 is 3.13. The molecular weight excluding hydrogens is 400 g/mol. The van der Waals surface area contributed by atoms with Crippen LogP contribution in [0.3, 0.4) is 0 Å². The molecule has 3 rings (SSSR count). The van der Waals surface area contributed by atoms with Crippen LogP contribution in [0.25, 0.3) is 0 Å². The van der Waals surface area contributed by atoms with Crippen molar-refractivity contribution in [2.75, 3.05) is 23.7 Å². The molecule has 8 heteroatoms. The minimum atomic E-state index is -3.56. The highest BCUT2D eigenvalue weighted by Gasteiger charge is 2.22. The number of nitrogens with zero attached hydrogens (tertiary/aromatic N) is 1. The van der Waals surface area contributed by atoms with Gasteiger partial charge >= 0.3 is 0 Å². The van der Waals surface area contributed by atoms with Crippen molar-refractivity contribution >= 4 is 44.7 Å². The van der Waals surface area contributed by atoms with E-state index in [0.29, 0.717) is 22.0 Å². The maximum atomic E-state index is 12.6. The fraction of sp³-hybridized carbons (Fsp3) is 0.421. The molecule has 1 aliphatic rings. The quantitative estimate of drug-likeness (QED) is 0.651. The molecule has 0 aliphatic heterocycles. The molecule has 0 bridgehead atoms. The highest BCUT2D eigenvalue weighted by molar-refractivity contribution is 7.99. The topological polar surface area (TPSA) is 66.5 Å². The van der Waals surface area contributed by atoms with E-state index in [4.69, 9.17) is 0 Å². The molecule has 1 aromatic heterocycles. The van der Waals surface area contributed by atoms with Gasteiger partial charge in [-0.3, -0.25) is 9.10 Å². The van der Waals surface area contributed by atoms with Gasteiger partial charge in [-0.2, -0.15) is 11.8 Å². The summed E-state index contributed by atoms with van der Waals surface area (Å²) in [5, 5.41) is 5.42. The first-order chi connectivity index (χ1) is 13.0. The number of carbonyl (C=O) groups excluding carboxylic acids is 1. The molecule has 146 valence electrons. The van der Waals surface area contributed by atoms with E-state index in [-0.39, 0.29) is 5.91 Å². The van der Waals surface area contributed by atoms with Crippen LogP contribution in [0, 0.1) is 0 Å². The molecule has 0 unspecified atom stereocenters. The van der Waals surface area contributed by atoms with Crippen molar-refractivity contribution in [3.63, 3.8) is 0 Å². The Labute approximate surface area is 169 Å². The van der Waals surface area contributed by atoms with Crippen molar-refractivity contribution in [2.24, 2.45) is 0 Å². The van der Waals surface area contributed by atoms with E-state index in [1.807, 2.05) is 11.8 Å². The Morgan fingerprint density at radius 2 is 1.93 bits per heavy atom. The van der Waals surface area contributed by atoms with Crippen LogP contribution in [-0.2, 0) is 10.0 Å².